The number of nitrogens with zero attached hydrogens (tertiary/aromatic N) is 4. The molecule has 1 aliphatic rings. The van der Waals surface area contributed by atoms with Crippen LogP contribution in [0.25, 0.3) is 0 Å². The highest BCUT2D eigenvalue weighted by molar-refractivity contribution is 5.92. The summed E-state index contributed by atoms with van der Waals surface area (Å²) in [5.41, 5.74) is 1.26. The monoisotopic (exact) mass is 334 g/mol. The summed E-state index contributed by atoms with van der Waals surface area (Å²) in [6, 6.07) is 3.89. The zero-order valence-electron chi connectivity index (χ0n) is 15.1. The predicted molar refractivity (Wildman–Crippen MR) is 93.7 cm³/mol. The van der Waals surface area contributed by atoms with E-state index >= 15 is 0 Å². The third-order valence-electron chi connectivity index (χ3n) is 3.66. The Labute approximate surface area is 143 Å². The van der Waals surface area contributed by atoms with Crippen molar-refractivity contribution in [3.05, 3.63) is 24.0 Å². The van der Waals surface area contributed by atoms with Crippen LogP contribution in [0.3, 0.4) is 0 Å². The molecule has 0 radical (unpaired) electrons. The number of piperazine rings is 1. The molecule has 0 N–H and O–H groups in total. The van der Waals surface area contributed by atoms with Crippen LogP contribution in [0.4, 0.5) is 10.5 Å². The van der Waals surface area contributed by atoms with Crippen molar-refractivity contribution in [3.63, 3.8) is 0 Å². The highest BCUT2D eigenvalue weighted by Gasteiger charge is 2.26. The maximum atomic E-state index is 12.1. The van der Waals surface area contributed by atoms with Gasteiger partial charge in [-0.2, -0.15) is 0 Å². The van der Waals surface area contributed by atoms with E-state index in [9.17, 15) is 4.79 Å². The van der Waals surface area contributed by atoms with Gasteiger partial charge in [-0.05, 0) is 32.9 Å². The lowest BCUT2D eigenvalue weighted by molar-refractivity contribution is 0.0240. The van der Waals surface area contributed by atoms with Crippen LogP contribution in [-0.4, -0.2) is 67.8 Å². The van der Waals surface area contributed by atoms with Gasteiger partial charge in [-0.15, -0.1) is 0 Å². The van der Waals surface area contributed by atoms with Crippen molar-refractivity contribution in [1.82, 2.24) is 9.88 Å². The Morgan fingerprint density at radius 1 is 1.21 bits per heavy atom. The molecule has 0 aliphatic carbocycles. The molecule has 7 heteroatoms. The fraction of sp³-hybridized carbons (Fsp3) is 0.588. The Hall–Kier alpha value is -2.31. The largest absolute Gasteiger partial charge is 0.480 e. The molecule has 0 atom stereocenters. The molecular weight excluding hydrogens is 308 g/mol. The Kier molecular flexibility index (Phi) is 5.64. The molecule has 1 aromatic heterocycles. The minimum atomic E-state index is -0.464. The molecule has 1 fully saturated rings. The van der Waals surface area contributed by atoms with Crippen LogP contribution >= 0.6 is 0 Å². The summed E-state index contributed by atoms with van der Waals surface area (Å²) in [6.07, 6.45) is 1.56. The molecule has 2 heterocycles. The van der Waals surface area contributed by atoms with E-state index < -0.39 is 5.60 Å². The van der Waals surface area contributed by atoms with E-state index in [1.54, 1.807) is 19.1 Å². The lowest BCUT2D eigenvalue weighted by Crippen LogP contribution is -2.50. The first-order chi connectivity index (χ1) is 11.3. The smallest absolute Gasteiger partial charge is 0.410 e. The zero-order chi connectivity index (χ0) is 17.7. The van der Waals surface area contributed by atoms with Crippen molar-refractivity contribution < 1.29 is 14.3 Å². The van der Waals surface area contributed by atoms with Crippen molar-refractivity contribution >= 4 is 17.7 Å². The molecule has 0 bridgehead atoms. The highest BCUT2D eigenvalue weighted by atomic mass is 16.6. The van der Waals surface area contributed by atoms with Crippen molar-refractivity contribution in [2.45, 2.75) is 26.4 Å². The molecular formula is C17H26N4O3. The number of rotatable bonds is 2. The van der Waals surface area contributed by atoms with E-state index in [4.69, 9.17) is 9.47 Å². The number of carbonyl (C=O) groups excluding carboxylic acids is 1. The van der Waals surface area contributed by atoms with Crippen molar-refractivity contribution in [3.8, 4) is 0 Å². The fourth-order valence-corrected chi connectivity index (χ4v) is 2.48. The topological polar surface area (TPSA) is 67.3 Å². The summed E-state index contributed by atoms with van der Waals surface area (Å²) < 4.78 is 10.6. The summed E-state index contributed by atoms with van der Waals surface area (Å²) in [4.78, 5) is 24.5. The van der Waals surface area contributed by atoms with Crippen LogP contribution in [0.15, 0.2) is 23.3 Å². The van der Waals surface area contributed by atoms with Crippen molar-refractivity contribution in [2.24, 2.45) is 4.99 Å². The van der Waals surface area contributed by atoms with E-state index in [1.807, 2.05) is 39.1 Å². The average molecular weight is 334 g/mol. The molecule has 0 unspecified atom stereocenters. The maximum Gasteiger partial charge on any atom is 0.410 e. The molecule has 1 saturated heterocycles. The number of hydrogen-bond donors (Lipinski definition) is 0. The number of aromatic nitrogens is 1. The SMILES string of the molecule is CN=C(OC)c1ccc(N2CCN(C(=O)OC(C)(C)C)CC2)cn1. The summed E-state index contributed by atoms with van der Waals surface area (Å²) in [5, 5.41) is 0. The molecule has 0 aromatic carbocycles. The van der Waals surface area contributed by atoms with Crippen LogP contribution in [0.1, 0.15) is 26.5 Å². The summed E-state index contributed by atoms with van der Waals surface area (Å²) >= 11 is 0. The van der Waals surface area contributed by atoms with Gasteiger partial charge in [0.1, 0.15) is 11.3 Å². The van der Waals surface area contributed by atoms with Crippen LogP contribution in [0.2, 0.25) is 0 Å². The highest BCUT2D eigenvalue weighted by Crippen LogP contribution is 2.17. The summed E-state index contributed by atoms with van der Waals surface area (Å²) in [5.74, 6) is 0.510. The molecule has 1 amide bonds. The van der Waals surface area contributed by atoms with E-state index in [0.29, 0.717) is 24.7 Å². The minimum absolute atomic E-state index is 0.250. The molecule has 0 saturated carbocycles. The van der Waals surface area contributed by atoms with Gasteiger partial charge >= 0.3 is 6.09 Å². The molecule has 1 aromatic rings. The van der Waals surface area contributed by atoms with Crippen molar-refractivity contribution in [2.75, 3.05) is 45.2 Å². The minimum Gasteiger partial charge on any atom is -0.480 e. The van der Waals surface area contributed by atoms with Gasteiger partial charge in [0.2, 0.25) is 5.90 Å². The maximum absolute atomic E-state index is 12.1. The molecule has 7 nitrogen and oxygen atoms in total. The van der Waals surface area contributed by atoms with Gasteiger partial charge in [0.05, 0.1) is 19.0 Å². The second kappa shape index (κ2) is 7.51. The molecule has 1 aliphatic heterocycles. The Morgan fingerprint density at radius 3 is 2.33 bits per heavy atom. The second-order valence-electron chi connectivity index (χ2n) is 6.59. The van der Waals surface area contributed by atoms with E-state index in [-0.39, 0.29) is 6.09 Å². The van der Waals surface area contributed by atoms with E-state index in [0.717, 1.165) is 18.8 Å². The first kappa shape index (κ1) is 18.0. The number of hydrogen-bond acceptors (Lipinski definition) is 6. The lowest BCUT2D eigenvalue weighted by Gasteiger charge is -2.36. The first-order valence-electron chi connectivity index (χ1n) is 8.04. The number of anilines is 1. The number of ether oxygens (including phenoxy) is 2. The average Bonchev–Trinajstić information content (AvgIpc) is 2.55. The molecule has 24 heavy (non-hydrogen) atoms. The van der Waals surface area contributed by atoms with Crippen LogP contribution in [-0.2, 0) is 9.47 Å². The Bertz CT molecular complexity index is 585. The van der Waals surface area contributed by atoms with Crippen molar-refractivity contribution in [1.29, 1.82) is 0 Å². The molecule has 0 spiro atoms. The quantitative estimate of drug-likeness (QED) is 0.612. The van der Waals surface area contributed by atoms with Crippen LogP contribution in [0, 0.1) is 0 Å². The van der Waals surface area contributed by atoms with Gasteiger partial charge in [0, 0.05) is 33.2 Å². The van der Waals surface area contributed by atoms with Crippen LogP contribution in [0.5, 0.6) is 0 Å². The fourth-order valence-electron chi connectivity index (χ4n) is 2.48. The second-order valence-corrected chi connectivity index (χ2v) is 6.59. The van der Waals surface area contributed by atoms with Gasteiger partial charge in [-0.3, -0.25) is 4.99 Å². The molecule has 2 rings (SSSR count). The summed E-state index contributed by atoms with van der Waals surface area (Å²) in [6.45, 7) is 8.40. The number of methoxy groups -OCH3 is 1. The normalized spacial score (nSPS) is 16.1. The predicted octanol–water partition coefficient (Wildman–Crippen LogP) is 2.16. The number of pyridine rings is 1. The van der Waals surface area contributed by atoms with Gasteiger partial charge in [0.25, 0.3) is 0 Å². The van der Waals surface area contributed by atoms with Gasteiger partial charge in [-0.1, -0.05) is 0 Å². The van der Waals surface area contributed by atoms with E-state index in [2.05, 4.69) is 14.9 Å². The third-order valence-corrected chi connectivity index (χ3v) is 3.66. The third kappa shape index (κ3) is 4.59. The lowest BCUT2D eigenvalue weighted by atomic mass is 10.2. The van der Waals surface area contributed by atoms with Gasteiger partial charge in [-0.25, -0.2) is 9.78 Å². The Balaban J connectivity index is 1.94. The number of carbonyl (C=O) groups is 1. The number of amides is 1. The van der Waals surface area contributed by atoms with E-state index in [1.165, 1.54) is 0 Å². The Morgan fingerprint density at radius 2 is 1.88 bits per heavy atom. The summed E-state index contributed by atoms with van der Waals surface area (Å²) in [7, 11) is 3.25. The standard InChI is InChI=1S/C17H26N4O3/c1-17(2,3)24-16(22)21-10-8-20(9-11-21)13-6-7-14(19-12-13)15(18-4)23-5/h6-7,12H,8-11H2,1-5H3. The molecule has 132 valence electrons. The van der Waals surface area contributed by atoms with Gasteiger partial charge in [0.15, 0.2) is 0 Å². The first-order valence-corrected chi connectivity index (χ1v) is 8.04. The number of aliphatic imine (C=N–C) groups is 1. The van der Waals surface area contributed by atoms with Crippen LogP contribution < -0.4 is 4.90 Å². The zero-order valence-corrected chi connectivity index (χ0v) is 15.1. The van der Waals surface area contributed by atoms with Gasteiger partial charge < -0.3 is 19.3 Å².